The smallest absolute Gasteiger partial charge is 0.0727 e. The number of hydrogen-bond acceptors (Lipinski definition) is 2. The van der Waals surface area contributed by atoms with Crippen LogP contribution in [0.3, 0.4) is 0 Å². The molecule has 1 aliphatic carbocycles. The summed E-state index contributed by atoms with van der Waals surface area (Å²) in [7, 11) is 0. The highest BCUT2D eigenvalue weighted by Crippen LogP contribution is 2.58. The van der Waals surface area contributed by atoms with Gasteiger partial charge in [0.2, 0.25) is 0 Å². The fourth-order valence-corrected chi connectivity index (χ4v) is 10.5. The minimum absolute atomic E-state index is 0.459. The number of fused-ring (bicyclic) bond motifs is 6. The first-order valence-corrected chi connectivity index (χ1v) is 20.4. The average molecular weight is 744 g/mol. The van der Waals surface area contributed by atoms with Crippen molar-refractivity contribution < 1.29 is 0 Å². The normalized spacial score (nSPS) is 12.7. The molecule has 0 spiro atoms. The fraction of sp³-hybridized carbons (Fsp3) is 0.0182. The molecule has 0 fully saturated rings. The van der Waals surface area contributed by atoms with Crippen LogP contribution in [-0.2, 0) is 5.41 Å². The van der Waals surface area contributed by atoms with Crippen molar-refractivity contribution in [2.75, 3.05) is 4.90 Å². The monoisotopic (exact) mass is 743 g/mol. The van der Waals surface area contributed by atoms with Crippen molar-refractivity contribution in [3.05, 3.63) is 247 Å². The van der Waals surface area contributed by atoms with Gasteiger partial charge >= 0.3 is 0 Å². The topological polar surface area (TPSA) is 3.24 Å². The maximum absolute atomic E-state index is 2.42. The Morgan fingerprint density at radius 3 is 1.40 bits per heavy atom. The van der Waals surface area contributed by atoms with Crippen LogP contribution in [0.4, 0.5) is 17.1 Å². The SMILES string of the molecule is c1ccc(-c2cccc(N(c3cccc(-c4ccccc4)c3)c3ccc4sc5c(C6(c7ccccc7)c7ccccc7-c7ccccc76)cccc5c4c3)c2)cc1. The third-order valence-electron chi connectivity index (χ3n) is 11.7. The summed E-state index contributed by atoms with van der Waals surface area (Å²) in [6.07, 6.45) is 0. The zero-order chi connectivity index (χ0) is 37.8. The van der Waals surface area contributed by atoms with E-state index in [9.17, 15) is 0 Å². The molecule has 268 valence electrons. The van der Waals surface area contributed by atoms with Crippen LogP contribution in [0.1, 0.15) is 22.3 Å². The lowest BCUT2D eigenvalue weighted by Crippen LogP contribution is -2.28. The Labute approximate surface area is 337 Å². The number of nitrogens with zero attached hydrogens (tertiary/aromatic N) is 1. The lowest BCUT2D eigenvalue weighted by Gasteiger charge is -2.34. The van der Waals surface area contributed by atoms with Crippen LogP contribution in [0.5, 0.6) is 0 Å². The fourth-order valence-electron chi connectivity index (χ4n) is 9.26. The van der Waals surface area contributed by atoms with E-state index in [0.29, 0.717) is 0 Å². The molecule has 0 N–H and O–H groups in total. The summed E-state index contributed by atoms with van der Waals surface area (Å²) >= 11 is 1.91. The Morgan fingerprint density at radius 2 is 0.807 bits per heavy atom. The molecular formula is C55H37NS. The zero-order valence-corrected chi connectivity index (χ0v) is 32.0. The second-order valence-corrected chi connectivity index (χ2v) is 15.9. The summed E-state index contributed by atoms with van der Waals surface area (Å²) in [6, 6.07) is 82.4. The lowest BCUT2D eigenvalue weighted by atomic mass is 9.67. The van der Waals surface area contributed by atoms with Gasteiger partial charge in [-0.1, -0.05) is 182 Å². The van der Waals surface area contributed by atoms with E-state index >= 15 is 0 Å². The Bertz CT molecular complexity index is 2940. The summed E-state index contributed by atoms with van der Waals surface area (Å²) in [5.74, 6) is 0. The van der Waals surface area contributed by atoms with Gasteiger partial charge in [-0.15, -0.1) is 11.3 Å². The molecule has 9 aromatic carbocycles. The number of anilines is 3. The highest BCUT2D eigenvalue weighted by atomic mass is 32.1. The second kappa shape index (κ2) is 13.6. The first-order chi connectivity index (χ1) is 28.3. The predicted octanol–water partition coefficient (Wildman–Crippen LogP) is 15.2. The van der Waals surface area contributed by atoms with Crippen molar-refractivity contribution in [1.82, 2.24) is 0 Å². The van der Waals surface area contributed by atoms with Gasteiger partial charge in [0.1, 0.15) is 0 Å². The minimum atomic E-state index is -0.459. The molecule has 0 saturated heterocycles. The standard InChI is InChI=1S/C55H37NS/c1-4-17-38(18-5-1)40-21-14-25-43(35-40)56(44-26-15-22-41(36-44)39-19-6-2-7-20-39)45-33-34-53-49(37-45)48-29-16-32-52(54(48)57-53)55(42-23-8-3-9-24-42)50-30-12-10-27-46(50)47-28-11-13-31-51(47)55/h1-37H. The molecule has 10 aromatic rings. The molecule has 0 atom stereocenters. The van der Waals surface area contributed by atoms with Gasteiger partial charge in [0.05, 0.1) is 5.41 Å². The Kier molecular flexibility index (Phi) is 7.98. The van der Waals surface area contributed by atoms with Gasteiger partial charge in [-0.05, 0) is 98.1 Å². The number of thiophene rings is 1. The van der Waals surface area contributed by atoms with Gasteiger partial charge in [-0.25, -0.2) is 0 Å². The molecule has 0 aliphatic heterocycles. The lowest BCUT2D eigenvalue weighted by molar-refractivity contribution is 0.778. The molecule has 57 heavy (non-hydrogen) atoms. The van der Waals surface area contributed by atoms with Crippen LogP contribution in [-0.4, -0.2) is 0 Å². The first kappa shape index (κ1) is 33.3. The maximum Gasteiger partial charge on any atom is 0.0727 e. The van der Waals surface area contributed by atoms with Gasteiger partial charge in [0, 0.05) is 37.2 Å². The summed E-state index contributed by atoms with van der Waals surface area (Å²) in [4.78, 5) is 2.42. The maximum atomic E-state index is 2.42. The molecule has 1 aliphatic rings. The zero-order valence-electron chi connectivity index (χ0n) is 31.2. The summed E-state index contributed by atoms with van der Waals surface area (Å²) in [5, 5.41) is 2.54. The van der Waals surface area contributed by atoms with Crippen molar-refractivity contribution in [3.8, 4) is 33.4 Å². The van der Waals surface area contributed by atoms with Crippen LogP contribution in [0.2, 0.25) is 0 Å². The largest absolute Gasteiger partial charge is 0.310 e. The molecule has 11 rings (SSSR count). The summed E-state index contributed by atoms with van der Waals surface area (Å²) in [6.45, 7) is 0. The van der Waals surface area contributed by atoms with E-state index in [1.807, 2.05) is 11.3 Å². The first-order valence-electron chi connectivity index (χ1n) is 19.6. The Balaban J connectivity index is 1.14. The molecule has 2 heteroatoms. The molecule has 1 nitrogen and oxygen atoms in total. The van der Waals surface area contributed by atoms with E-state index in [-0.39, 0.29) is 0 Å². The van der Waals surface area contributed by atoms with Crippen molar-refractivity contribution in [2.24, 2.45) is 0 Å². The van der Waals surface area contributed by atoms with E-state index in [1.54, 1.807) is 0 Å². The molecule has 1 aromatic heterocycles. The van der Waals surface area contributed by atoms with Crippen molar-refractivity contribution in [2.45, 2.75) is 5.41 Å². The Morgan fingerprint density at radius 1 is 0.333 bits per heavy atom. The quantitative estimate of drug-likeness (QED) is 0.157. The van der Waals surface area contributed by atoms with Gasteiger partial charge in [-0.2, -0.15) is 0 Å². The number of rotatable bonds is 7. The van der Waals surface area contributed by atoms with Crippen LogP contribution < -0.4 is 4.90 Å². The molecule has 0 bridgehead atoms. The summed E-state index contributed by atoms with van der Waals surface area (Å²) < 4.78 is 2.60. The number of hydrogen-bond donors (Lipinski definition) is 0. The minimum Gasteiger partial charge on any atom is -0.310 e. The van der Waals surface area contributed by atoms with Crippen molar-refractivity contribution in [3.63, 3.8) is 0 Å². The molecule has 0 saturated carbocycles. The van der Waals surface area contributed by atoms with E-state index in [4.69, 9.17) is 0 Å². The Hall–Kier alpha value is -7.00. The van der Waals surface area contributed by atoms with Gasteiger partial charge < -0.3 is 4.90 Å². The van der Waals surface area contributed by atoms with Crippen LogP contribution in [0.15, 0.2) is 224 Å². The van der Waals surface area contributed by atoms with Gasteiger partial charge in [-0.3, -0.25) is 0 Å². The van der Waals surface area contributed by atoms with Gasteiger partial charge in [0.15, 0.2) is 0 Å². The molecule has 1 heterocycles. The van der Waals surface area contributed by atoms with E-state index < -0.39 is 5.41 Å². The average Bonchev–Trinajstić information content (AvgIpc) is 3.81. The summed E-state index contributed by atoms with van der Waals surface area (Å²) in [5.41, 5.74) is 15.6. The van der Waals surface area contributed by atoms with E-state index in [2.05, 4.69) is 229 Å². The van der Waals surface area contributed by atoms with Crippen LogP contribution in [0, 0.1) is 0 Å². The predicted molar refractivity (Wildman–Crippen MR) is 242 cm³/mol. The van der Waals surface area contributed by atoms with Crippen LogP contribution >= 0.6 is 11.3 Å². The number of benzene rings is 9. The molecule has 0 unspecified atom stereocenters. The highest BCUT2D eigenvalue weighted by Gasteiger charge is 2.47. The van der Waals surface area contributed by atoms with Crippen LogP contribution in [0.25, 0.3) is 53.6 Å². The molecule has 0 amide bonds. The van der Waals surface area contributed by atoms with Gasteiger partial charge in [0.25, 0.3) is 0 Å². The second-order valence-electron chi connectivity index (χ2n) is 14.8. The van der Waals surface area contributed by atoms with Crippen molar-refractivity contribution >= 4 is 48.6 Å². The van der Waals surface area contributed by atoms with E-state index in [1.165, 1.54) is 75.8 Å². The third-order valence-corrected chi connectivity index (χ3v) is 12.9. The highest BCUT2D eigenvalue weighted by molar-refractivity contribution is 7.26. The molecule has 0 radical (unpaired) electrons. The van der Waals surface area contributed by atoms with Crippen molar-refractivity contribution in [1.29, 1.82) is 0 Å². The molecular weight excluding hydrogens is 707 g/mol. The van der Waals surface area contributed by atoms with E-state index in [0.717, 1.165) is 17.1 Å². The third kappa shape index (κ3) is 5.37.